The summed E-state index contributed by atoms with van der Waals surface area (Å²) in [5.74, 6) is 0.886. The molecule has 0 fully saturated rings. The highest BCUT2D eigenvalue weighted by Gasteiger charge is 2.10. The number of nitrogens with two attached hydrogens (primary N) is 1. The second kappa shape index (κ2) is 5.44. The van der Waals surface area contributed by atoms with Crippen LogP contribution in [0.25, 0.3) is 17.4 Å². The Balaban J connectivity index is 2.65. The highest BCUT2D eigenvalue weighted by Crippen LogP contribution is 2.20. The maximum Gasteiger partial charge on any atom is 0.236 e. The number of rotatable bonds is 4. The van der Waals surface area contributed by atoms with E-state index in [-0.39, 0.29) is 5.76 Å². The summed E-state index contributed by atoms with van der Waals surface area (Å²) in [6.45, 7) is 9.10. The van der Waals surface area contributed by atoms with Crippen LogP contribution in [0.15, 0.2) is 49.5 Å². The SMILES string of the molecule is C=C/C(O)=C(\C=C)c1cn2cc(/C=C/C)c(N)nc2n1. The minimum atomic E-state index is 0.0186. The number of hydrogen-bond donors (Lipinski definition) is 2. The summed E-state index contributed by atoms with van der Waals surface area (Å²) in [5.41, 5.74) is 7.72. The van der Waals surface area contributed by atoms with Gasteiger partial charge < -0.3 is 10.8 Å². The number of allylic oxidation sites excluding steroid dienone is 4. The number of aromatic nitrogens is 3. The van der Waals surface area contributed by atoms with Crippen molar-refractivity contribution in [2.24, 2.45) is 0 Å². The van der Waals surface area contributed by atoms with Crippen LogP contribution in [0.5, 0.6) is 0 Å². The van der Waals surface area contributed by atoms with Gasteiger partial charge in [0, 0.05) is 23.5 Å². The van der Waals surface area contributed by atoms with E-state index < -0.39 is 0 Å². The lowest BCUT2D eigenvalue weighted by Gasteiger charge is -1.99. The molecule has 0 amide bonds. The molecule has 0 aliphatic heterocycles. The monoisotopic (exact) mass is 268 g/mol. The predicted molar refractivity (Wildman–Crippen MR) is 82.1 cm³/mol. The lowest BCUT2D eigenvalue weighted by Crippen LogP contribution is -1.98. The first-order chi connectivity index (χ1) is 9.60. The summed E-state index contributed by atoms with van der Waals surface area (Å²) in [6, 6.07) is 0. The quantitative estimate of drug-likeness (QED) is 0.660. The molecule has 20 heavy (non-hydrogen) atoms. The highest BCUT2D eigenvalue weighted by molar-refractivity contribution is 5.75. The van der Waals surface area contributed by atoms with Crippen LogP contribution in [-0.2, 0) is 0 Å². The predicted octanol–water partition coefficient (Wildman–Crippen LogP) is 2.99. The number of anilines is 1. The van der Waals surface area contributed by atoms with Gasteiger partial charge in [0.2, 0.25) is 5.78 Å². The lowest BCUT2D eigenvalue weighted by molar-refractivity contribution is 0.436. The minimum absolute atomic E-state index is 0.0186. The molecule has 0 saturated carbocycles. The Morgan fingerprint density at radius 1 is 1.30 bits per heavy atom. The van der Waals surface area contributed by atoms with Gasteiger partial charge in [-0.2, -0.15) is 4.98 Å². The smallest absolute Gasteiger partial charge is 0.236 e. The summed E-state index contributed by atoms with van der Waals surface area (Å²) in [5, 5.41) is 9.77. The van der Waals surface area contributed by atoms with Gasteiger partial charge >= 0.3 is 0 Å². The van der Waals surface area contributed by atoms with E-state index in [1.54, 1.807) is 10.6 Å². The van der Waals surface area contributed by atoms with E-state index in [0.29, 0.717) is 22.9 Å². The zero-order valence-corrected chi connectivity index (χ0v) is 11.2. The van der Waals surface area contributed by atoms with Crippen molar-refractivity contribution in [1.82, 2.24) is 14.4 Å². The fourth-order valence-electron chi connectivity index (χ4n) is 1.84. The molecule has 102 valence electrons. The molecule has 5 heteroatoms. The average molecular weight is 268 g/mol. The molecule has 0 spiro atoms. The maximum atomic E-state index is 9.77. The van der Waals surface area contributed by atoms with Crippen molar-refractivity contribution in [2.75, 3.05) is 5.73 Å². The van der Waals surface area contributed by atoms with E-state index in [1.807, 2.05) is 25.3 Å². The van der Waals surface area contributed by atoms with E-state index in [9.17, 15) is 5.11 Å². The van der Waals surface area contributed by atoms with E-state index in [1.165, 1.54) is 12.2 Å². The van der Waals surface area contributed by atoms with E-state index in [2.05, 4.69) is 23.1 Å². The first-order valence-electron chi connectivity index (χ1n) is 6.07. The number of aliphatic hydroxyl groups excluding tert-OH is 1. The average Bonchev–Trinajstić information content (AvgIpc) is 2.82. The molecular formula is C15H16N4O. The van der Waals surface area contributed by atoms with E-state index in [4.69, 9.17) is 5.73 Å². The van der Waals surface area contributed by atoms with Gasteiger partial charge in [0.1, 0.15) is 11.6 Å². The number of nitrogens with zero attached hydrogens (tertiary/aromatic N) is 3. The molecule has 5 nitrogen and oxygen atoms in total. The molecular weight excluding hydrogens is 252 g/mol. The van der Waals surface area contributed by atoms with Gasteiger partial charge in [-0.1, -0.05) is 31.4 Å². The van der Waals surface area contributed by atoms with E-state index in [0.717, 1.165) is 5.56 Å². The van der Waals surface area contributed by atoms with Crippen LogP contribution in [0.4, 0.5) is 5.82 Å². The Hall–Kier alpha value is -2.82. The molecule has 2 rings (SSSR count). The summed E-state index contributed by atoms with van der Waals surface area (Å²) in [4.78, 5) is 8.56. The molecule has 0 aromatic carbocycles. The third-order valence-electron chi connectivity index (χ3n) is 2.80. The van der Waals surface area contributed by atoms with Crippen LogP contribution in [-0.4, -0.2) is 19.5 Å². The van der Waals surface area contributed by atoms with Crippen molar-refractivity contribution in [1.29, 1.82) is 0 Å². The molecule has 2 aromatic heterocycles. The largest absolute Gasteiger partial charge is 0.507 e. The van der Waals surface area contributed by atoms with Crippen molar-refractivity contribution >= 4 is 23.2 Å². The topological polar surface area (TPSA) is 76.4 Å². The standard InChI is InChI=1S/C15H16N4O/c1-4-7-10-8-19-9-12(11(5-2)13(20)6-3)17-15(19)18-14(10)16/h4-9,20H,2-3H2,1H3,(H2,16,17,18)/b7-4+,13-11-. The van der Waals surface area contributed by atoms with Gasteiger partial charge in [0.15, 0.2) is 0 Å². The fourth-order valence-corrected chi connectivity index (χ4v) is 1.84. The first kappa shape index (κ1) is 13.6. The van der Waals surface area contributed by atoms with Crippen molar-refractivity contribution in [3.8, 4) is 0 Å². The summed E-state index contributed by atoms with van der Waals surface area (Å²) in [7, 11) is 0. The van der Waals surface area contributed by atoms with Crippen molar-refractivity contribution in [3.05, 3.63) is 60.8 Å². The van der Waals surface area contributed by atoms with Crippen LogP contribution < -0.4 is 5.73 Å². The molecule has 0 bridgehead atoms. The molecule has 0 unspecified atom stereocenters. The summed E-state index contributed by atoms with van der Waals surface area (Å²) in [6.07, 6.45) is 10.2. The van der Waals surface area contributed by atoms with Crippen LogP contribution >= 0.6 is 0 Å². The lowest BCUT2D eigenvalue weighted by atomic mass is 10.1. The zero-order valence-electron chi connectivity index (χ0n) is 11.2. The molecule has 0 aliphatic carbocycles. The van der Waals surface area contributed by atoms with Gasteiger partial charge in [0.05, 0.1) is 5.69 Å². The molecule has 2 aromatic rings. The van der Waals surface area contributed by atoms with Gasteiger partial charge in [-0.25, -0.2) is 4.98 Å². The normalized spacial score (nSPS) is 12.7. The van der Waals surface area contributed by atoms with Gasteiger partial charge in [-0.15, -0.1) is 0 Å². The van der Waals surface area contributed by atoms with Crippen molar-refractivity contribution in [2.45, 2.75) is 6.92 Å². The zero-order chi connectivity index (χ0) is 14.7. The molecule has 0 atom stereocenters. The van der Waals surface area contributed by atoms with Gasteiger partial charge in [-0.3, -0.25) is 4.40 Å². The second-order valence-corrected chi connectivity index (χ2v) is 4.12. The number of fused-ring (bicyclic) bond motifs is 1. The summed E-state index contributed by atoms with van der Waals surface area (Å²) >= 11 is 0. The number of imidazole rings is 1. The van der Waals surface area contributed by atoms with Crippen molar-refractivity contribution < 1.29 is 5.11 Å². The van der Waals surface area contributed by atoms with Crippen LogP contribution in [0, 0.1) is 0 Å². The third kappa shape index (κ3) is 2.33. The minimum Gasteiger partial charge on any atom is -0.507 e. The Morgan fingerprint density at radius 3 is 2.65 bits per heavy atom. The number of hydrogen-bond acceptors (Lipinski definition) is 4. The molecule has 2 heterocycles. The Morgan fingerprint density at radius 2 is 2.05 bits per heavy atom. The highest BCUT2D eigenvalue weighted by atomic mass is 16.3. The first-order valence-corrected chi connectivity index (χ1v) is 6.07. The molecule has 3 N–H and O–H groups in total. The maximum absolute atomic E-state index is 9.77. The van der Waals surface area contributed by atoms with Crippen LogP contribution in [0.1, 0.15) is 18.2 Å². The Bertz CT molecular complexity index is 738. The van der Waals surface area contributed by atoms with E-state index >= 15 is 0 Å². The molecule has 0 aliphatic rings. The van der Waals surface area contributed by atoms with Gasteiger partial charge in [0.25, 0.3) is 0 Å². The molecule has 0 saturated heterocycles. The third-order valence-corrected chi connectivity index (χ3v) is 2.80. The molecule has 0 radical (unpaired) electrons. The fraction of sp³-hybridized carbons (Fsp3) is 0.0667. The Labute approximate surface area is 117 Å². The van der Waals surface area contributed by atoms with Crippen molar-refractivity contribution in [3.63, 3.8) is 0 Å². The van der Waals surface area contributed by atoms with Crippen LogP contribution in [0.3, 0.4) is 0 Å². The number of nitrogen functional groups attached to an aromatic ring is 1. The summed E-state index contributed by atoms with van der Waals surface area (Å²) < 4.78 is 1.75. The van der Waals surface area contributed by atoms with Gasteiger partial charge in [-0.05, 0) is 13.0 Å². The number of aliphatic hydroxyl groups is 1. The van der Waals surface area contributed by atoms with Crippen LogP contribution in [0.2, 0.25) is 0 Å². The second-order valence-electron chi connectivity index (χ2n) is 4.12. The Kier molecular flexibility index (Phi) is 3.70.